The number of anilines is 1. The predicted octanol–water partition coefficient (Wildman–Crippen LogP) is 4.13. The molecule has 3 N–H and O–H groups in total. The zero-order chi connectivity index (χ0) is 16.0. The van der Waals surface area contributed by atoms with Gasteiger partial charge in [-0.15, -0.1) is 0 Å². The van der Waals surface area contributed by atoms with Crippen molar-refractivity contribution in [2.45, 2.75) is 45.6 Å². The topological polar surface area (TPSA) is 78.4 Å². The molecule has 1 aromatic carbocycles. The molecule has 0 bridgehead atoms. The van der Waals surface area contributed by atoms with E-state index in [1.807, 2.05) is 20.8 Å². The zero-order valence-electron chi connectivity index (χ0n) is 12.5. The number of urea groups is 1. The van der Waals surface area contributed by atoms with Crippen molar-refractivity contribution in [3.8, 4) is 0 Å². The number of carbonyl (C=O) groups is 2. The van der Waals surface area contributed by atoms with Crippen LogP contribution in [0.25, 0.3) is 0 Å². The van der Waals surface area contributed by atoms with Crippen LogP contribution < -0.4 is 10.6 Å². The van der Waals surface area contributed by atoms with Crippen molar-refractivity contribution >= 4 is 29.3 Å². The molecule has 0 aliphatic rings. The number of carboxylic acids is 1. The number of rotatable bonds is 6. The number of hydrogen-bond acceptors (Lipinski definition) is 2. The first-order valence-corrected chi connectivity index (χ1v) is 7.37. The van der Waals surface area contributed by atoms with Crippen LogP contribution in [0.2, 0.25) is 5.02 Å². The van der Waals surface area contributed by atoms with E-state index >= 15 is 0 Å². The van der Waals surface area contributed by atoms with Crippen molar-refractivity contribution < 1.29 is 14.7 Å². The maximum Gasteiger partial charge on any atom is 0.337 e. The van der Waals surface area contributed by atoms with E-state index in [0.29, 0.717) is 5.02 Å². The summed E-state index contributed by atoms with van der Waals surface area (Å²) in [5.74, 6) is -1.14. The first kappa shape index (κ1) is 17.3. The van der Waals surface area contributed by atoms with Gasteiger partial charge < -0.3 is 15.7 Å². The quantitative estimate of drug-likeness (QED) is 0.739. The van der Waals surface area contributed by atoms with Gasteiger partial charge in [0, 0.05) is 10.6 Å². The highest BCUT2D eigenvalue weighted by molar-refractivity contribution is 6.31. The Morgan fingerprint density at radius 1 is 1.19 bits per heavy atom. The number of hydrogen-bond donors (Lipinski definition) is 3. The molecule has 116 valence electrons. The molecule has 0 heterocycles. The number of carboxylic acid groups (broad SMARTS) is 1. The monoisotopic (exact) mass is 312 g/mol. The Morgan fingerprint density at radius 3 is 2.24 bits per heavy atom. The van der Waals surface area contributed by atoms with E-state index in [0.717, 1.165) is 19.3 Å². The predicted molar refractivity (Wildman–Crippen MR) is 84.2 cm³/mol. The van der Waals surface area contributed by atoms with Crippen molar-refractivity contribution in [3.05, 3.63) is 28.8 Å². The first-order valence-electron chi connectivity index (χ1n) is 6.99. The Kier molecular flexibility index (Phi) is 6.03. The Balaban J connectivity index is 2.91. The van der Waals surface area contributed by atoms with Gasteiger partial charge in [0.25, 0.3) is 0 Å². The van der Waals surface area contributed by atoms with Crippen LogP contribution in [-0.4, -0.2) is 22.6 Å². The molecule has 0 atom stereocenters. The lowest BCUT2D eigenvalue weighted by Gasteiger charge is -2.31. The van der Waals surface area contributed by atoms with Gasteiger partial charge in [0.1, 0.15) is 0 Å². The number of amides is 2. The summed E-state index contributed by atoms with van der Waals surface area (Å²) in [4.78, 5) is 23.3. The van der Waals surface area contributed by atoms with E-state index in [2.05, 4.69) is 10.6 Å². The van der Waals surface area contributed by atoms with E-state index in [1.165, 1.54) is 18.2 Å². The fourth-order valence-electron chi connectivity index (χ4n) is 2.21. The highest BCUT2D eigenvalue weighted by atomic mass is 35.5. The largest absolute Gasteiger partial charge is 0.478 e. The lowest BCUT2D eigenvalue weighted by atomic mass is 9.90. The van der Waals surface area contributed by atoms with E-state index in [1.54, 1.807) is 0 Å². The fraction of sp³-hybridized carbons (Fsp3) is 0.467. The van der Waals surface area contributed by atoms with E-state index in [4.69, 9.17) is 16.7 Å². The molecule has 0 aliphatic carbocycles. The molecule has 1 rings (SSSR count). The number of halogens is 1. The average molecular weight is 313 g/mol. The van der Waals surface area contributed by atoms with Crippen molar-refractivity contribution in [1.29, 1.82) is 0 Å². The van der Waals surface area contributed by atoms with Crippen LogP contribution in [0.3, 0.4) is 0 Å². The minimum absolute atomic E-state index is 0.0345. The summed E-state index contributed by atoms with van der Waals surface area (Å²) in [7, 11) is 0. The third-order valence-corrected chi connectivity index (χ3v) is 4.10. The van der Waals surface area contributed by atoms with Crippen LogP contribution in [0.15, 0.2) is 18.2 Å². The van der Waals surface area contributed by atoms with Crippen LogP contribution in [0.4, 0.5) is 10.5 Å². The molecule has 6 heteroatoms. The van der Waals surface area contributed by atoms with Gasteiger partial charge in [0.05, 0.1) is 11.3 Å². The molecule has 1 aromatic rings. The second kappa shape index (κ2) is 7.31. The summed E-state index contributed by atoms with van der Waals surface area (Å²) in [6, 6.07) is 3.92. The summed E-state index contributed by atoms with van der Waals surface area (Å²) in [5, 5.41) is 15.0. The lowest BCUT2D eigenvalue weighted by Crippen LogP contribution is -2.49. The van der Waals surface area contributed by atoms with Crippen LogP contribution in [-0.2, 0) is 0 Å². The molecule has 5 nitrogen and oxygen atoms in total. The third kappa shape index (κ3) is 4.36. The minimum Gasteiger partial charge on any atom is -0.478 e. The highest BCUT2D eigenvalue weighted by Crippen LogP contribution is 2.22. The smallest absolute Gasteiger partial charge is 0.337 e. The Labute approximate surface area is 129 Å². The van der Waals surface area contributed by atoms with E-state index in [-0.39, 0.29) is 16.8 Å². The molecule has 0 aromatic heterocycles. The minimum atomic E-state index is -1.14. The fourth-order valence-corrected chi connectivity index (χ4v) is 2.38. The highest BCUT2D eigenvalue weighted by Gasteiger charge is 2.26. The number of carbonyl (C=O) groups excluding carboxylic acids is 1. The maximum atomic E-state index is 12.1. The molecular weight excluding hydrogens is 292 g/mol. The summed E-state index contributed by atoms with van der Waals surface area (Å²) < 4.78 is 0. The lowest BCUT2D eigenvalue weighted by molar-refractivity contribution is 0.0698. The molecule has 0 aliphatic heterocycles. The molecular formula is C15H21ClN2O3. The third-order valence-electron chi connectivity index (χ3n) is 3.87. The molecule has 2 amide bonds. The SMILES string of the molecule is CCC(CC)(CC)NC(=O)Nc1ccc(Cl)cc1C(=O)O. The second-order valence-corrected chi connectivity index (χ2v) is 5.35. The van der Waals surface area contributed by atoms with Crippen molar-refractivity contribution in [2.75, 3.05) is 5.32 Å². The van der Waals surface area contributed by atoms with Crippen LogP contribution in [0.5, 0.6) is 0 Å². The molecule has 21 heavy (non-hydrogen) atoms. The molecule has 0 saturated carbocycles. The standard InChI is InChI=1S/C15H21ClN2O3/c1-4-15(5-2,6-3)18-14(21)17-12-8-7-10(16)9-11(12)13(19)20/h7-9H,4-6H2,1-3H3,(H,19,20)(H2,17,18,21). The summed E-state index contributed by atoms with van der Waals surface area (Å²) in [5.41, 5.74) is -0.0887. The van der Waals surface area contributed by atoms with Crippen LogP contribution in [0, 0.1) is 0 Å². The summed E-state index contributed by atoms with van der Waals surface area (Å²) in [6.45, 7) is 6.04. The van der Waals surface area contributed by atoms with E-state index in [9.17, 15) is 9.59 Å². The van der Waals surface area contributed by atoms with Gasteiger partial charge in [-0.2, -0.15) is 0 Å². The van der Waals surface area contributed by atoms with Crippen molar-refractivity contribution in [1.82, 2.24) is 5.32 Å². The average Bonchev–Trinajstić information content (AvgIpc) is 2.46. The zero-order valence-corrected chi connectivity index (χ0v) is 13.3. The Hall–Kier alpha value is -1.75. The number of benzene rings is 1. The van der Waals surface area contributed by atoms with Gasteiger partial charge in [0.15, 0.2) is 0 Å². The summed E-state index contributed by atoms with van der Waals surface area (Å²) >= 11 is 5.78. The first-order chi connectivity index (χ1) is 9.87. The Morgan fingerprint density at radius 2 is 1.76 bits per heavy atom. The number of aromatic carboxylic acids is 1. The molecule has 0 saturated heterocycles. The van der Waals surface area contributed by atoms with Crippen molar-refractivity contribution in [2.24, 2.45) is 0 Å². The molecule has 0 spiro atoms. The van der Waals surface area contributed by atoms with Crippen LogP contribution >= 0.6 is 11.6 Å². The van der Waals surface area contributed by atoms with Gasteiger partial charge in [-0.3, -0.25) is 0 Å². The molecule has 0 unspecified atom stereocenters. The summed E-state index contributed by atoms with van der Waals surface area (Å²) in [6.07, 6.45) is 2.42. The van der Waals surface area contributed by atoms with E-state index < -0.39 is 12.0 Å². The van der Waals surface area contributed by atoms with Gasteiger partial charge in [-0.25, -0.2) is 9.59 Å². The van der Waals surface area contributed by atoms with Crippen molar-refractivity contribution in [3.63, 3.8) is 0 Å². The number of nitrogens with one attached hydrogen (secondary N) is 2. The maximum absolute atomic E-state index is 12.1. The molecule has 0 radical (unpaired) electrons. The van der Waals surface area contributed by atoms with Gasteiger partial charge >= 0.3 is 12.0 Å². The van der Waals surface area contributed by atoms with Gasteiger partial charge in [-0.05, 0) is 37.5 Å². The normalized spacial score (nSPS) is 11.0. The van der Waals surface area contributed by atoms with Crippen LogP contribution in [0.1, 0.15) is 50.4 Å². The van der Waals surface area contributed by atoms with Gasteiger partial charge in [0.2, 0.25) is 0 Å². The molecule has 0 fully saturated rings. The van der Waals surface area contributed by atoms with Gasteiger partial charge in [-0.1, -0.05) is 32.4 Å². The Bertz CT molecular complexity index is 519. The second-order valence-electron chi connectivity index (χ2n) is 4.92.